The van der Waals surface area contributed by atoms with Gasteiger partial charge in [-0.2, -0.15) is 10.2 Å². The number of fused-ring (bicyclic) bond motifs is 1. The summed E-state index contributed by atoms with van der Waals surface area (Å²) < 4.78 is 1.84. The molecule has 0 aliphatic carbocycles. The lowest BCUT2D eigenvalue weighted by Gasteiger charge is -2.11. The number of benzene rings is 2. The number of aromatic amines is 1. The Balaban J connectivity index is 1.46. The molecule has 0 aliphatic rings. The maximum Gasteiger partial charge on any atom is 0.272 e. The number of hydrogen-bond donors (Lipinski definition) is 2. The van der Waals surface area contributed by atoms with Crippen LogP contribution >= 0.6 is 0 Å². The van der Waals surface area contributed by atoms with Crippen LogP contribution in [0, 0.1) is 0 Å². The van der Waals surface area contributed by atoms with Crippen LogP contribution in [0.25, 0.3) is 10.8 Å². The fourth-order valence-corrected chi connectivity index (χ4v) is 3.17. The zero-order chi connectivity index (χ0) is 19.3. The van der Waals surface area contributed by atoms with Crippen LogP contribution in [-0.4, -0.2) is 25.9 Å². The number of carbonyl (C=O) groups excluding carboxylic acids is 1. The maximum absolute atomic E-state index is 12.5. The van der Waals surface area contributed by atoms with Crippen molar-refractivity contribution in [3.63, 3.8) is 0 Å². The van der Waals surface area contributed by atoms with Crippen molar-refractivity contribution in [1.82, 2.24) is 25.3 Å². The Bertz CT molecular complexity index is 1160. The number of aromatic nitrogens is 4. The maximum atomic E-state index is 12.5. The molecule has 0 spiro atoms. The fourth-order valence-electron chi connectivity index (χ4n) is 3.17. The van der Waals surface area contributed by atoms with Gasteiger partial charge in [0.1, 0.15) is 0 Å². The molecule has 2 aromatic heterocycles. The number of nitrogens with zero attached hydrogens (tertiary/aromatic N) is 3. The summed E-state index contributed by atoms with van der Waals surface area (Å²) in [7, 11) is 0. The van der Waals surface area contributed by atoms with Crippen LogP contribution in [-0.2, 0) is 24.3 Å². The van der Waals surface area contributed by atoms with E-state index in [1.54, 1.807) is 24.4 Å². The molecule has 4 aromatic rings. The average molecular weight is 373 g/mol. The highest BCUT2D eigenvalue weighted by Crippen LogP contribution is 2.13. The van der Waals surface area contributed by atoms with Crippen molar-refractivity contribution in [3.05, 3.63) is 94.2 Å². The minimum Gasteiger partial charge on any atom is -0.352 e. The van der Waals surface area contributed by atoms with Crippen molar-refractivity contribution < 1.29 is 4.79 Å². The number of amides is 1. The quantitative estimate of drug-likeness (QED) is 0.541. The third kappa shape index (κ3) is 3.83. The van der Waals surface area contributed by atoms with Gasteiger partial charge in [-0.3, -0.25) is 14.3 Å². The molecule has 0 fully saturated rings. The Labute approximate surface area is 161 Å². The summed E-state index contributed by atoms with van der Waals surface area (Å²) in [6.07, 6.45) is 3.74. The Kier molecular flexibility index (Phi) is 4.97. The molecule has 0 bridgehead atoms. The zero-order valence-corrected chi connectivity index (χ0v) is 15.1. The summed E-state index contributed by atoms with van der Waals surface area (Å²) in [5.74, 6) is -0.154. The van der Waals surface area contributed by atoms with Gasteiger partial charge < -0.3 is 5.32 Å². The van der Waals surface area contributed by atoms with Crippen molar-refractivity contribution in [2.24, 2.45) is 0 Å². The van der Waals surface area contributed by atoms with Gasteiger partial charge in [-0.05, 0) is 23.3 Å². The second-order valence-electron chi connectivity index (χ2n) is 6.47. The molecule has 2 heterocycles. The van der Waals surface area contributed by atoms with Crippen LogP contribution in [0.5, 0.6) is 0 Å². The van der Waals surface area contributed by atoms with E-state index >= 15 is 0 Å². The van der Waals surface area contributed by atoms with Gasteiger partial charge in [0.05, 0.1) is 24.0 Å². The first-order chi connectivity index (χ1) is 13.7. The first-order valence-electron chi connectivity index (χ1n) is 8.98. The van der Waals surface area contributed by atoms with Crippen molar-refractivity contribution in [1.29, 1.82) is 0 Å². The van der Waals surface area contributed by atoms with Gasteiger partial charge in [-0.25, -0.2) is 5.10 Å². The van der Waals surface area contributed by atoms with Crippen molar-refractivity contribution >= 4 is 16.7 Å². The lowest BCUT2D eigenvalue weighted by atomic mass is 10.1. The Hall–Kier alpha value is -3.74. The molecule has 0 radical (unpaired) electrons. The van der Waals surface area contributed by atoms with Gasteiger partial charge in [-0.15, -0.1) is 0 Å². The molecule has 0 saturated carbocycles. The molecule has 1 amide bonds. The van der Waals surface area contributed by atoms with E-state index < -0.39 is 0 Å². The molecule has 0 saturated heterocycles. The van der Waals surface area contributed by atoms with E-state index in [1.165, 1.54) is 0 Å². The Morgan fingerprint density at radius 1 is 1.00 bits per heavy atom. The highest BCUT2D eigenvalue weighted by Gasteiger charge is 2.11. The molecule has 28 heavy (non-hydrogen) atoms. The number of H-pyrrole nitrogens is 1. The number of carbonyl (C=O) groups is 1. The number of nitrogens with one attached hydrogen (secondary N) is 2. The standard InChI is InChI=1S/C21H19N5O2/c27-20(12-19-17-8-3-4-9-18(17)21(28)25-24-19)22-13-15-6-1-2-7-16(15)14-26-11-5-10-23-26/h1-11H,12-14H2,(H,22,27)(H,25,28). The third-order valence-electron chi connectivity index (χ3n) is 4.59. The third-order valence-corrected chi connectivity index (χ3v) is 4.59. The van der Waals surface area contributed by atoms with Crippen LogP contribution in [0.4, 0.5) is 0 Å². The molecule has 140 valence electrons. The largest absolute Gasteiger partial charge is 0.352 e. The van der Waals surface area contributed by atoms with Gasteiger partial charge in [0, 0.05) is 24.3 Å². The zero-order valence-electron chi connectivity index (χ0n) is 15.1. The molecular weight excluding hydrogens is 354 g/mol. The van der Waals surface area contributed by atoms with Gasteiger partial charge in [-0.1, -0.05) is 42.5 Å². The summed E-state index contributed by atoms with van der Waals surface area (Å²) >= 11 is 0. The number of hydrogen-bond acceptors (Lipinski definition) is 4. The summed E-state index contributed by atoms with van der Waals surface area (Å²) in [5.41, 5.74) is 2.43. The second kappa shape index (κ2) is 7.87. The lowest BCUT2D eigenvalue weighted by molar-refractivity contribution is -0.120. The van der Waals surface area contributed by atoms with E-state index in [1.807, 2.05) is 47.3 Å². The summed E-state index contributed by atoms with van der Waals surface area (Å²) in [6.45, 7) is 1.06. The summed E-state index contributed by atoms with van der Waals surface area (Å²) in [6, 6.07) is 17.0. The van der Waals surface area contributed by atoms with Crippen LogP contribution in [0.1, 0.15) is 16.8 Å². The summed E-state index contributed by atoms with van der Waals surface area (Å²) in [5, 5.41) is 14.9. The van der Waals surface area contributed by atoms with E-state index in [2.05, 4.69) is 20.6 Å². The monoisotopic (exact) mass is 373 g/mol. The van der Waals surface area contributed by atoms with Crippen molar-refractivity contribution in [2.75, 3.05) is 0 Å². The van der Waals surface area contributed by atoms with Crippen LogP contribution in [0.15, 0.2) is 71.8 Å². The van der Waals surface area contributed by atoms with Gasteiger partial charge >= 0.3 is 0 Å². The van der Waals surface area contributed by atoms with E-state index in [-0.39, 0.29) is 17.9 Å². The molecule has 0 unspecified atom stereocenters. The second-order valence-corrected chi connectivity index (χ2v) is 6.47. The first kappa shape index (κ1) is 17.7. The summed E-state index contributed by atoms with van der Waals surface area (Å²) in [4.78, 5) is 24.4. The van der Waals surface area contributed by atoms with E-state index in [0.29, 0.717) is 29.6 Å². The molecule has 0 atom stereocenters. The molecule has 2 aromatic carbocycles. The van der Waals surface area contributed by atoms with E-state index in [9.17, 15) is 9.59 Å². The van der Waals surface area contributed by atoms with Crippen LogP contribution < -0.4 is 10.9 Å². The first-order valence-corrected chi connectivity index (χ1v) is 8.98. The van der Waals surface area contributed by atoms with E-state index in [0.717, 1.165) is 11.1 Å². The predicted molar refractivity (Wildman–Crippen MR) is 106 cm³/mol. The SMILES string of the molecule is O=C(Cc1n[nH]c(=O)c2ccccc12)NCc1ccccc1Cn1cccn1. The van der Waals surface area contributed by atoms with Crippen LogP contribution in [0.3, 0.4) is 0 Å². The molecule has 0 aliphatic heterocycles. The normalized spacial score (nSPS) is 10.9. The highest BCUT2D eigenvalue weighted by molar-refractivity contribution is 5.88. The molecule has 7 heteroatoms. The number of rotatable bonds is 6. The highest BCUT2D eigenvalue weighted by atomic mass is 16.1. The average Bonchev–Trinajstić information content (AvgIpc) is 3.23. The van der Waals surface area contributed by atoms with Crippen molar-refractivity contribution in [3.8, 4) is 0 Å². The lowest BCUT2D eigenvalue weighted by Crippen LogP contribution is -2.26. The smallest absolute Gasteiger partial charge is 0.272 e. The molecular formula is C21H19N5O2. The van der Waals surface area contributed by atoms with Crippen molar-refractivity contribution in [2.45, 2.75) is 19.5 Å². The Morgan fingerprint density at radius 3 is 2.54 bits per heavy atom. The van der Waals surface area contributed by atoms with Gasteiger partial charge in [0.25, 0.3) is 5.56 Å². The minimum atomic E-state index is -0.257. The minimum absolute atomic E-state index is 0.0958. The topological polar surface area (TPSA) is 92.7 Å². The van der Waals surface area contributed by atoms with Gasteiger partial charge in [0.2, 0.25) is 5.91 Å². The van der Waals surface area contributed by atoms with E-state index in [4.69, 9.17) is 0 Å². The Morgan fingerprint density at radius 2 is 1.75 bits per heavy atom. The fraction of sp³-hybridized carbons (Fsp3) is 0.143. The molecule has 2 N–H and O–H groups in total. The molecule has 4 rings (SSSR count). The predicted octanol–water partition coefficient (Wildman–Crippen LogP) is 2.03. The van der Waals surface area contributed by atoms with Crippen LogP contribution in [0.2, 0.25) is 0 Å². The van der Waals surface area contributed by atoms with Gasteiger partial charge in [0.15, 0.2) is 0 Å². The molecule has 7 nitrogen and oxygen atoms in total.